The number of thiazole rings is 1. The van der Waals surface area contributed by atoms with Crippen molar-refractivity contribution >= 4 is 21.5 Å². The van der Waals surface area contributed by atoms with Gasteiger partial charge in [-0.15, -0.1) is 11.3 Å². The lowest BCUT2D eigenvalue weighted by molar-refractivity contribution is -0.750. The van der Waals surface area contributed by atoms with E-state index in [-0.39, 0.29) is 12.3 Å². The topological polar surface area (TPSA) is 84.0 Å². The van der Waals surface area contributed by atoms with Crippen LogP contribution in [0.2, 0.25) is 0 Å². The van der Waals surface area contributed by atoms with E-state index in [0.29, 0.717) is 0 Å². The number of aryl methyl sites for hydroxylation is 1. The van der Waals surface area contributed by atoms with Crippen molar-refractivity contribution in [1.29, 1.82) is 0 Å². The second-order valence-corrected chi connectivity index (χ2v) is 5.63. The Bertz CT molecular complexity index is 578. The number of hydrogen-bond acceptors (Lipinski definition) is 5. The average Bonchev–Trinajstić information content (AvgIpc) is 2.79. The summed E-state index contributed by atoms with van der Waals surface area (Å²) in [6.45, 7) is 0.121. The van der Waals surface area contributed by atoms with E-state index in [1.54, 1.807) is 24.0 Å². The first-order chi connectivity index (χ1) is 8.04. The van der Waals surface area contributed by atoms with Crippen molar-refractivity contribution in [2.45, 2.75) is 6.54 Å². The third-order valence-corrected chi connectivity index (χ3v) is 3.36. The van der Waals surface area contributed by atoms with Gasteiger partial charge in [-0.1, -0.05) is 4.68 Å². The van der Waals surface area contributed by atoms with E-state index in [0.717, 1.165) is 11.3 Å². The third-order valence-electron chi connectivity index (χ3n) is 2.08. The van der Waals surface area contributed by atoms with Crippen molar-refractivity contribution < 1.29 is 17.7 Å². The summed E-state index contributed by atoms with van der Waals surface area (Å²) in [6.07, 6.45) is 3.26. The van der Waals surface area contributed by atoms with Gasteiger partial charge in [0, 0.05) is 17.0 Å². The van der Waals surface area contributed by atoms with Crippen molar-refractivity contribution in [3.05, 3.63) is 29.4 Å². The van der Waals surface area contributed by atoms with E-state index in [2.05, 4.69) is 10.1 Å². The van der Waals surface area contributed by atoms with Crippen LogP contribution in [0.1, 0.15) is 0 Å². The molecular formula is C9H10N3O3S2+. The highest BCUT2D eigenvalue weighted by Gasteiger charge is 2.11. The molecule has 0 saturated carbocycles. The van der Waals surface area contributed by atoms with Gasteiger partial charge < -0.3 is 0 Å². The Kier molecular flexibility index (Phi) is 3.46. The molecular weight excluding hydrogens is 262 g/mol. The lowest BCUT2D eigenvalue weighted by Gasteiger charge is -1.95. The van der Waals surface area contributed by atoms with Gasteiger partial charge in [-0.3, -0.25) is 4.55 Å². The zero-order chi connectivity index (χ0) is 12.3. The van der Waals surface area contributed by atoms with Gasteiger partial charge in [0.1, 0.15) is 11.9 Å². The van der Waals surface area contributed by atoms with Gasteiger partial charge in [0.2, 0.25) is 0 Å². The minimum atomic E-state index is -3.95. The molecule has 0 aliphatic rings. The van der Waals surface area contributed by atoms with Gasteiger partial charge in [-0.2, -0.15) is 8.42 Å². The SMILES string of the molecule is O=S(=O)(O)CC[n+]1ccc(-c2cscn2)cn1. The predicted octanol–water partition coefficient (Wildman–Crippen LogP) is 0.380. The average molecular weight is 272 g/mol. The lowest BCUT2D eigenvalue weighted by atomic mass is 10.2. The van der Waals surface area contributed by atoms with Crippen LogP contribution in [-0.2, 0) is 16.7 Å². The molecule has 1 N–H and O–H groups in total. The van der Waals surface area contributed by atoms with E-state index in [4.69, 9.17) is 4.55 Å². The highest BCUT2D eigenvalue weighted by Crippen LogP contribution is 2.15. The van der Waals surface area contributed by atoms with Crippen molar-refractivity contribution in [2.24, 2.45) is 0 Å². The van der Waals surface area contributed by atoms with E-state index in [1.165, 1.54) is 16.0 Å². The smallest absolute Gasteiger partial charge is 0.271 e. The summed E-state index contributed by atoms with van der Waals surface area (Å²) in [6, 6.07) is 1.80. The van der Waals surface area contributed by atoms with Crippen LogP contribution in [0.5, 0.6) is 0 Å². The van der Waals surface area contributed by atoms with Gasteiger partial charge in [-0.05, 0) is 5.10 Å². The second kappa shape index (κ2) is 4.86. The second-order valence-electron chi connectivity index (χ2n) is 3.34. The Morgan fingerprint density at radius 2 is 2.29 bits per heavy atom. The third kappa shape index (κ3) is 3.55. The summed E-state index contributed by atoms with van der Waals surface area (Å²) in [7, 11) is -3.95. The number of nitrogens with zero attached hydrogens (tertiary/aromatic N) is 3. The molecule has 2 rings (SSSR count). The molecule has 2 aromatic rings. The number of rotatable bonds is 4. The Balaban J connectivity index is 2.09. The summed E-state index contributed by atoms with van der Waals surface area (Å²) in [5, 5.41) is 5.95. The van der Waals surface area contributed by atoms with Crippen LogP contribution >= 0.6 is 11.3 Å². The Morgan fingerprint density at radius 3 is 2.82 bits per heavy atom. The molecule has 6 nitrogen and oxygen atoms in total. The molecule has 0 bridgehead atoms. The molecule has 0 aromatic carbocycles. The van der Waals surface area contributed by atoms with Crippen molar-refractivity contribution in [2.75, 3.05) is 5.75 Å². The van der Waals surface area contributed by atoms with E-state index < -0.39 is 10.1 Å². The number of aromatic nitrogens is 3. The van der Waals surface area contributed by atoms with E-state index >= 15 is 0 Å². The maximum absolute atomic E-state index is 10.6. The number of hydrogen-bond donors (Lipinski definition) is 1. The summed E-state index contributed by atoms with van der Waals surface area (Å²) in [5.74, 6) is -0.347. The van der Waals surface area contributed by atoms with Gasteiger partial charge in [0.15, 0.2) is 12.7 Å². The molecule has 8 heteroatoms. The maximum Gasteiger partial charge on any atom is 0.271 e. The molecule has 0 saturated heterocycles. The molecule has 0 radical (unpaired) electrons. The fourth-order valence-electron chi connectivity index (χ4n) is 1.23. The van der Waals surface area contributed by atoms with Gasteiger partial charge in [-0.25, -0.2) is 4.98 Å². The van der Waals surface area contributed by atoms with Crippen LogP contribution in [0.15, 0.2) is 29.4 Å². The van der Waals surface area contributed by atoms with Crippen LogP contribution in [-0.4, -0.2) is 28.8 Å². The molecule has 0 atom stereocenters. The first-order valence-corrected chi connectivity index (χ1v) is 7.29. The van der Waals surface area contributed by atoms with Gasteiger partial charge >= 0.3 is 0 Å². The molecule has 0 aliphatic heterocycles. The van der Waals surface area contributed by atoms with Crippen LogP contribution in [0.4, 0.5) is 0 Å². The summed E-state index contributed by atoms with van der Waals surface area (Å²) in [4.78, 5) is 4.13. The molecule has 0 amide bonds. The molecule has 90 valence electrons. The molecule has 0 aliphatic carbocycles. The Labute approximate surface area is 102 Å². The zero-order valence-electron chi connectivity index (χ0n) is 8.72. The summed E-state index contributed by atoms with van der Waals surface area (Å²) in [5.41, 5.74) is 3.44. The Hall–Kier alpha value is -1.38. The van der Waals surface area contributed by atoms with Gasteiger partial charge in [0.25, 0.3) is 10.1 Å². The first-order valence-electron chi connectivity index (χ1n) is 4.74. The zero-order valence-corrected chi connectivity index (χ0v) is 10.4. The summed E-state index contributed by atoms with van der Waals surface area (Å²) < 4.78 is 31.2. The first kappa shape index (κ1) is 12.1. The Morgan fingerprint density at radius 1 is 1.47 bits per heavy atom. The standard InChI is InChI=1S/C9H9N3O3S2/c13-17(14,15)4-3-12-2-1-8(5-11-12)9-6-16-7-10-9/h1-2,5-7H,3-4H2/p+1. The maximum atomic E-state index is 10.6. The van der Waals surface area contributed by atoms with Gasteiger partial charge in [0.05, 0.1) is 11.2 Å². The predicted molar refractivity (Wildman–Crippen MR) is 62.0 cm³/mol. The summed E-state index contributed by atoms with van der Waals surface area (Å²) >= 11 is 1.49. The van der Waals surface area contributed by atoms with Crippen LogP contribution in [0.3, 0.4) is 0 Å². The van der Waals surface area contributed by atoms with E-state index in [9.17, 15) is 8.42 Å². The molecule has 0 unspecified atom stereocenters. The minimum Gasteiger partial charge on any atom is -0.285 e. The van der Waals surface area contributed by atoms with Crippen LogP contribution in [0.25, 0.3) is 11.3 Å². The van der Waals surface area contributed by atoms with Crippen molar-refractivity contribution in [3.63, 3.8) is 0 Å². The fraction of sp³-hybridized carbons (Fsp3) is 0.222. The van der Waals surface area contributed by atoms with Crippen molar-refractivity contribution in [3.8, 4) is 11.3 Å². The quantitative estimate of drug-likeness (QED) is 0.642. The fourth-order valence-corrected chi connectivity index (χ4v) is 2.21. The highest BCUT2D eigenvalue weighted by molar-refractivity contribution is 7.85. The largest absolute Gasteiger partial charge is 0.285 e. The van der Waals surface area contributed by atoms with Crippen LogP contribution < -0.4 is 4.68 Å². The lowest BCUT2D eigenvalue weighted by Crippen LogP contribution is -2.40. The highest BCUT2D eigenvalue weighted by atomic mass is 32.2. The monoisotopic (exact) mass is 272 g/mol. The molecule has 17 heavy (non-hydrogen) atoms. The molecule has 2 aromatic heterocycles. The van der Waals surface area contributed by atoms with E-state index in [1.807, 2.05) is 5.38 Å². The normalized spacial score (nSPS) is 11.6. The van der Waals surface area contributed by atoms with Crippen molar-refractivity contribution in [1.82, 2.24) is 10.1 Å². The molecule has 2 heterocycles. The molecule has 0 spiro atoms. The molecule has 0 fully saturated rings. The van der Waals surface area contributed by atoms with Crippen LogP contribution in [0, 0.1) is 0 Å². The minimum absolute atomic E-state index is 0.121.